The number of rotatable bonds is 19. The van der Waals surface area contributed by atoms with E-state index in [1.807, 2.05) is 6.07 Å². The fraction of sp³-hybridized carbons (Fsp3) is 0.256. The second-order valence-corrected chi connectivity index (χ2v) is 12.7. The molecule has 1 atom stereocenters. The maximum atomic E-state index is 16.0. The van der Waals surface area contributed by atoms with Gasteiger partial charge in [-0.1, -0.05) is 48.0 Å². The van der Waals surface area contributed by atoms with Crippen molar-refractivity contribution in [2.45, 2.75) is 39.1 Å². The molecule has 0 aliphatic carbocycles. The fourth-order valence-electron chi connectivity index (χ4n) is 5.54. The number of aromatic nitrogens is 4. The standard InChI is InChI=1S/C39H37ClF2N6O8/c1-2-52-38(50)33(20-49)44-18-26-16-29(40)35(17-34(26)54-21-23-10-11-31-32(14-23)48-56-47-31)55-22-25-7-4-9-28(36(25)42)24-6-3-8-27(15-24)53-13-5-12-43-37-30(41)19-45-39(51)46-37/h3-4,6-11,14-17,19,33,44,49H,2,5,12-13,18,20-22H2,1H3,(H2,43,45,46,51)/t33-/m1/s1. The number of hydrogen-bond donors (Lipinski definition) is 4. The first kappa shape index (κ1) is 39.6. The Kier molecular flexibility index (Phi) is 13.4. The van der Waals surface area contributed by atoms with E-state index in [9.17, 15) is 19.1 Å². The van der Waals surface area contributed by atoms with E-state index in [-0.39, 0.29) is 55.1 Å². The summed E-state index contributed by atoms with van der Waals surface area (Å²) in [5.41, 5.74) is 2.98. The van der Waals surface area contributed by atoms with Gasteiger partial charge in [-0.05, 0) is 65.1 Å². The van der Waals surface area contributed by atoms with Gasteiger partial charge in [0, 0.05) is 35.8 Å². The second kappa shape index (κ2) is 19.0. The molecule has 2 heterocycles. The maximum absolute atomic E-state index is 16.0. The van der Waals surface area contributed by atoms with Crippen molar-refractivity contribution in [2.24, 2.45) is 0 Å². The molecule has 14 nitrogen and oxygen atoms in total. The summed E-state index contributed by atoms with van der Waals surface area (Å²) in [5.74, 6) is -0.739. The number of aromatic amines is 1. The molecule has 17 heteroatoms. The maximum Gasteiger partial charge on any atom is 0.346 e. The van der Waals surface area contributed by atoms with Crippen LogP contribution in [0, 0.1) is 11.6 Å². The monoisotopic (exact) mass is 790 g/mol. The van der Waals surface area contributed by atoms with Crippen molar-refractivity contribution in [1.82, 2.24) is 25.6 Å². The van der Waals surface area contributed by atoms with Crippen LogP contribution in [0.4, 0.5) is 14.6 Å². The van der Waals surface area contributed by atoms with Crippen molar-refractivity contribution in [3.63, 3.8) is 0 Å². The summed E-state index contributed by atoms with van der Waals surface area (Å²) >= 11 is 6.67. The highest BCUT2D eigenvalue weighted by molar-refractivity contribution is 6.32. The minimum absolute atomic E-state index is 0.0488. The lowest BCUT2D eigenvalue weighted by molar-refractivity contribution is -0.146. The van der Waals surface area contributed by atoms with Crippen molar-refractivity contribution in [3.05, 3.63) is 123 Å². The second-order valence-electron chi connectivity index (χ2n) is 12.3. The highest BCUT2D eigenvalue weighted by atomic mass is 35.5. The van der Waals surface area contributed by atoms with Gasteiger partial charge in [0.25, 0.3) is 0 Å². The van der Waals surface area contributed by atoms with Gasteiger partial charge in [0.15, 0.2) is 5.82 Å². The van der Waals surface area contributed by atoms with Crippen LogP contribution in [0.5, 0.6) is 17.2 Å². The van der Waals surface area contributed by atoms with E-state index in [1.165, 1.54) is 0 Å². The lowest BCUT2D eigenvalue weighted by Crippen LogP contribution is -2.40. The number of esters is 1. The lowest BCUT2D eigenvalue weighted by Gasteiger charge is -2.19. The number of carbonyl (C=O) groups excluding carboxylic acids is 1. The van der Waals surface area contributed by atoms with Crippen LogP contribution in [0.3, 0.4) is 0 Å². The molecule has 0 radical (unpaired) electrons. The molecule has 0 spiro atoms. The number of aliphatic hydroxyl groups excluding tert-OH is 1. The molecule has 0 aliphatic heterocycles. The number of carbonyl (C=O) groups is 1. The Morgan fingerprint density at radius 1 is 0.964 bits per heavy atom. The molecule has 2 aromatic heterocycles. The van der Waals surface area contributed by atoms with Crippen molar-refractivity contribution >= 4 is 34.4 Å². The molecule has 6 rings (SSSR count). The van der Waals surface area contributed by atoms with Gasteiger partial charge in [-0.3, -0.25) is 15.1 Å². The van der Waals surface area contributed by atoms with E-state index in [1.54, 1.807) is 73.7 Å². The van der Waals surface area contributed by atoms with E-state index >= 15 is 4.39 Å². The molecule has 0 aliphatic rings. The Balaban J connectivity index is 1.13. The van der Waals surface area contributed by atoms with Gasteiger partial charge in [-0.25, -0.2) is 18.2 Å². The summed E-state index contributed by atoms with van der Waals surface area (Å²) in [7, 11) is 0. The molecule has 6 aromatic rings. The summed E-state index contributed by atoms with van der Waals surface area (Å²) < 4.78 is 57.7. The Morgan fingerprint density at radius 3 is 2.62 bits per heavy atom. The van der Waals surface area contributed by atoms with E-state index in [0.29, 0.717) is 52.2 Å². The first-order valence-electron chi connectivity index (χ1n) is 17.5. The molecular formula is C39H37ClF2N6O8. The van der Waals surface area contributed by atoms with Gasteiger partial charge >= 0.3 is 11.7 Å². The van der Waals surface area contributed by atoms with Crippen molar-refractivity contribution in [2.75, 3.05) is 31.7 Å². The lowest BCUT2D eigenvalue weighted by atomic mass is 10.0. The predicted molar refractivity (Wildman–Crippen MR) is 202 cm³/mol. The SMILES string of the molecule is CCOC(=O)[C@@H](CO)NCc1cc(Cl)c(OCc2cccc(-c3cccc(OCCCNc4[nH]c(=O)ncc4F)c3)c2F)cc1OCc1ccc2nonc2c1. The van der Waals surface area contributed by atoms with Crippen molar-refractivity contribution in [3.8, 4) is 28.4 Å². The van der Waals surface area contributed by atoms with Gasteiger partial charge in [0.2, 0.25) is 0 Å². The number of nitrogens with one attached hydrogen (secondary N) is 3. The number of nitrogens with zero attached hydrogens (tertiary/aromatic N) is 3. The molecule has 0 bridgehead atoms. The number of H-pyrrole nitrogens is 1. The van der Waals surface area contributed by atoms with Crippen LogP contribution in [-0.2, 0) is 29.3 Å². The quantitative estimate of drug-likeness (QED) is 0.0558. The van der Waals surface area contributed by atoms with Gasteiger partial charge in [-0.15, -0.1) is 0 Å². The van der Waals surface area contributed by atoms with Gasteiger partial charge in [-0.2, -0.15) is 4.98 Å². The molecule has 0 saturated carbocycles. The van der Waals surface area contributed by atoms with Crippen molar-refractivity contribution < 1.29 is 42.3 Å². The Hall–Kier alpha value is -6.10. The summed E-state index contributed by atoms with van der Waals surface area (Å²) in [6.07, 6.45) is 1.32. The number of benzene rings is 4. The molecule has 0 unspecified atom stereocenters. The molecular weight excluding hydrogens is 754 g/mol. The number of anilines is 1. The van der Waals surface area contributed by atoms with Crippen molar-refractivity contribution in [1.29, 1.82) is 0 Å². The van der Waals surface area contributed by atoms with Crippen LogP contribution in [0.15, 0.2) is 88.4 Å². The van der Waals surface area contributed by atoms with E-state index in [2.05, 4.69) is 30.9 Å². The molecule has 0 saturated heterocycles. The first-order chi connectivity index (χ1) is 27.2. The summed E-state index contributed by atoms with van der Waals surface area (Å²) in [4.78, 5) is 29.3. The molecule has 0 amide bonds. The average molecular weight is 791 g/mol. The van der Waals surface area contributed by atoms with E-state index < -0.39 is 35.9 Å². The topological polar surface area (TPSA) is 183 Å². The minimum atomic E-state index is -0.983. The summed E-state index contributed by atoms with van der Waals surface area (Å²) in [6, 6.07) is 19.5. The van der Waals surface area contributed by atoms with Crippen LogP contribution in [0.1, 0.15) is 30.0 Å². The molecule has 4 aromatic carbocycles. The number of halogens is 3. The van der Waals surface area contributed by atoms with Crippen LogP contribution in [0.25, 0.3) is 22.2 Å². The molecule has 56 heavy (non-hydrogen) atoms. The third-order valence-electron chi connectivity index (χ3n) is 8.38. The van der Waals surface area contributed by atoms with E-state index in [0.717, 1.165) is 11.8 Å². The molecule has 4 N–H and O–H groups in total. The van der Waals surface area contributed by atoms with E-state index in [4.69, 9.17) is 35.2 Å². The zero-order valence-electron chi connectivity index (χ0n) is 30.0. The number of fused-ring (bicyclic) bond motifs is 1. The number of aliphatic hydroxyl groups is 1. The van der Waals surface area contributed by atoms with Gasteiger partial charge in [0.05, 0.1) is 31.0 Å². The Labute approximate surface area is 323 Å². The van der Waals surface area contributed by atoms with Gasteiger partial charge in [0.1, 0.15) is 59.2 Å². The van der Waals surface area contributed by atoms with Crippen LogP contribution in [0.2, 0.25) is 5.02 Å². The minimum Gasteiger partial charge on any atom is -0.494 e. The molecule has 0 fully saturated rings. The smallest absolute Gasteiger partial charge is 0.346 e. The third kappa shape index (κ3) is 10.1. The van der Waals surface area contributed by atoms with Crippen LogP contribution in [-0.4, -0.2) is 63.8 Å². The predicted octanol–water partition coefficient (Wildman–Crippen LogP) is 5.96. The van der Waals surface area contributed by atoms with Gasteiger partial charge < -0.3 is 29.4 Å². The normalized spacial score (nSPS) is 11.7. The highest BCUT2D eigenvalue weighted by Crippen LogP contribution is 2.35. The largest absolute Gasteiger partial charge is 0.494 e. The average Bonchev–Trinajstić information content (AvgIpc) is 3.67. The Morgan fingerprint density at radius 2 is 1.79 bits per heavy atom. The van der Waals surface area contributed by atoms with Crippen LogP contribution >= 0.6 is 11.6 Å². The van der Waals surface area contributed by atoms with Crippen LogP contribution < -0.4 is 30.5 Å². The molecule has 292 valence electrons. The fourth-order valence-corrected chi connectivity index (χ4v) is 5.78. The third-order valence-corrected chi connectivity index (χ3v) is 8.68. The summed E-state index contributed by atoms with van der Waals surface area (Å²) in [6.45, 7) is 1.95. The number of ether oxygens (including phenoxy) is 4. The highest BCUT2D eigenvalue weighted by Gasteiger charge is 2.21. The zero-order chi connectivity index (χ0) is 39.4. The Bertz CT molecular complexity index is 2340. The number of hydrogen-bond acceptors (Lipinski definition) is 13. The first-order valence-corrected chi connectivity index (χ1v) is 17.9. The summed E-state index contributed by atoms with van der Waals surface area (Å²) in [5, 5.41) is 23.4. The zero-order valence-corrected chi connectivity index (χ0v) is 30.8.